The minimum atomic E-state index is -0.662. The monoisotopic (exact) mass is 299 g/mol. The highest BCUT2D eigenvalue weighted by Crippen LogP contribution is 2.34. The minimum absolute atomic E-state index is 0.0431. The van der Waals surface area contributed by atoms with Crippen LogP contribution in [0.2, 0.25) is 0 Å². The zero-order valence-corrected chi connectivity index (χ0v) is 12.5. The molecule has 0 bridgehead atoms. The smallest absolute Gasteiger partial charge is 0.330 e. The number of nitrogens with zero attached hydrogens (tertiary/aromatic N) is 1. The van der Waals surface area contributed by atoms with Crippen LogP contribution in [0, 0.1) is 12.8 Å². The van der Waals surface area contributed by atoms with Gasteiger partial charge in [0.05, 0.1) is 19.3 Å². The number of hydrogen-bond acceptors (Lipinski definition) is 5. The minimum Gasteiger partial charge on any atom is -0.382 e. The highest BCUT2D eigenvalue weighted by molar-refractivity contribution is 5.02. The third-order valence-electron chi connectivity index (χ3n) is 3.72. The first kappa shape index (κ1) is 14.5. The first-order chi connectivity index (χ1) is 10.5. The van der Waals surface area contributed by atoms with Gasteiger partial charge >= 0.3 is 5.69 Å². The molecule has 0 saturated carbocycles. The maximum atomic E-state index is 12.1. The van der Waals surface area contributed by atoms with Gasteiger partial charge in [0, 0.05) is 26.2 Å². The number of aromatic nitrogens is 2. The van der Waals surface area contributed by atoms with Gasteiger partial charge in [0.1, 0.15) is 6.10 Å². The Balaban J connectivity index is 2.31. The lowest BCUT2D eigenvalue weighted by Gasteiger charge is -2.23. The van der Waals surface area contributed by atoms with Crippen molar-refractivity contribution in [2.75, 3.05) is 20.3 Å². The van der Waals surface area contributed by atoms with Crippen molar-refractivity contribution >= 4 is 0 Å². The summed E-state index contributed by atoms with van der Waals surface area (Å²) >= 11 is 0. The van der Waals surface area contributed by atoms with Crippen molar-refractivity contribution in [3.63, 3.8) is 0 Å². The lowest BCUT2D eigenvalue weighted by molar-refractivity contribution is -0.0723. The lowest BCUT2D eigenvalue weighted by atomic mass is 10.0. The molecule has 0 radical (unpaired) electrons. The molecule has 1 saturated heterocycles. The maximum absolute atomic E-state index is 12.1. The summed E-state index contributed by atoms with van der Waals surface area (Å²) in [6.07, 6.45) is 0.104. The van der Waals surface area contributed by atoms with Crippen LogP contribution in [0.3, 0.4) is 0 Å². The Morgan fingerprint density at radius 3 is 2.90 bits per heavy atom. The fourth-order valence-electron chi connectivity index (χ4n) is 2.35. The summed E-state index contributed by atoms with van der Waals surface area (Å²) in [6, 6.07) is 0. The van der Waals surface area contributed by atoms with Crippen LogP contribution in [-0.4, -0.2) is 42.1 Å². The Morgan fingerprint density at radius 1 is 1.48 bits per heavy atom. The van der Waals surface area contributed by atoms with Gasteiger partial charge < -0.3 is 14.2 Å². The van der Waals surface area contributed by atoms with Crippen molar-refractivity contribution in [3.8, 4) is 0 Å². The molecule has 1 N–H and O–H groups in total. The Kier molecular flexibility index (Phi) is 4.52. The van der Waals surface area contributed by atoms with Gasteiger partial charge in [-0.05, 0) is 13.8 Å². The summed E-state index contributed by atoms with van der Waals surface area (Å²) in [6.45, 7) is 4.43. The predicted octanol–water partition coefficient (Wildman–Crippen LogP) is 0.430. The second-order valence-corrected chi connectivity index (χ2v) is 5.23. The van der Waals surface area contributed by atoms with E-state index in [9.17, 15) is 9.59 Å². The molecule has 1 aromatic rings. The van der Waals surface area contributed by atoms with Crippen LogP contribution < -0.4 is 11.2 Å². The standard InChI is InChI=1S/C14H22N2O5/c1-8-7-16(14(18)15-12(8)17)13-11(20-6-5-19-4)9(2)10(3)21-13/h7,9-11,13H,5-6H2,1-4H3,(H,15,17,18)/t9-,10-,11-,13-/m1/s1/i3D. The molecule has 1 aliphatic heterocycles. The van der Waals surface area contributed by atoms with Gasteiger partial charge in [0.15, 0.2) is 6.23 Å². The molecule has 2 heterocycles. The molecular weight excluding hydrogens is 276 g/mol. The van der Waals surface area contributed by atoms with E-state index in [1.165, 1.54) is 10.8 Å². The van der Waals surface area contributed by atoms with Crippen molar-refractivity contribution in [1.82, 2.24) is 9.55 Å². The first-order valence-electron chi connectivity index (χ1n) is 7.57. The zero-order valence-electron chi connectivity index (χ0n) is 13.5. The van der Waals surface area contributed by atoms with Crippen LogP contribution >= 0.6 is 0 Å². The summed E-state index contributed by atoms with van der Waals surface area (Å²) < 4.78 is 25.5. The van der Waals surface area contributed by atoms with Gasteiger partial charge in [-0.15, -0.1) is 0 Å². The molecule has 7 heteroatoms. The van der Waals surface area contributed by atoms with Gasteiger partial charge in [-0.1, -0.05) is 6.92 Å². The van der Waals surface area contributed by atoms with E-state index in [4.69, 9.17) is 15.6 Å². The van der Waals surface area contributed by atoms with Crippen molar-refractivity contribution in [2.24, 2.45) is 5.92 Å². The second-order valence-electron chi connectivity index (χ2n) is 5.23. The number of nitrogens with one attached hydrogen (secondary N) is 1. The molecule has 7 nitrogen and oxygen atoms in total. The topological polar surface area (TPSA) is 82.6 Å². The molecule has 2 rings (SSSR count). The van der Waals surface area contributed by atoms with E-state index < -0.39 is 17.5 Å². The van der Waals surface area contributed by atoms with E-state index in [-0.39, 0.29) is 25.0 Å². The Bertz CT molecular complexity index is 614. The highest BCUT2D eigenvalue weighted by atomic mass is 16.6. The second kappa shape index (κ2) is 6.55. The van der Waals surface area contributed by atoms with Crippen molar-refractivity contribution in [1.29, 1.82) is 0 Å². The quantitative estimate of drug-likeness (QED) is 0.797. The summed E-state index contributed by atoms with van der Waals surface area (Å²) in [7, 11) is 1.58. The Hall–Kier alpha value is -1.44. The molecule has 0 aromatic carbocycles. The lowest BCUT2D eigenvalue weighted by Crippen LogP contribution is -2.38. The molecule has 21 heavy (non-hydrogen) atoms. The van der Waals surface area contributed by atoms with Crippen molar-refractivity contribution < 1.29 is 15.6 Å². The molecule has 118 valence electrons. The zero-order chi connectivity index (χ0) is 16.3. The highest BCUT2D eigenvalue weighted by Gasteiger charge is 2.42. The first-order valence-corrected chi connectivity index (χ1v) is 6.87. The maximum Gasteiger partial charge on any atom is 0.330 e. The predicted molar refractivity (Wildman–Crippen MR) is 76.4 cm³/mol. The van der Waals surface area contributed by atoms with Gasteiger partial charge in [0.2, 0.25) is 0 Å². The van der Waals surface area contributed by atoms with E-state index in [0.29, 0.717) is 18.8 Å². The third kappa shape index (κ3) is 3.25. The largest absolute Gasteiger partial charge is 0.382 e. The molecule has 1 fully saturated rings. The van der Waals surface area contributed by atoms with E-state index in [2.05, 4.69) is 4.98 Å². The molecule has 0 aliphatic carbocycles. The molecule has 0 unspecified atom stereocenters. The number of aromatic amines is 1. The van der Waals surface area contributed by atoms with Gasteiger partial charge in [0.25, 0.3) is 5.56 Å². The Morgan fingerprint density at radius 2 is 2.24 bits per heavy atom. The normalized spacial score (nSPS) is 29.6. The number of aryl methyl sites for hydroxylation is 1. The summed E-state index contributed by atoms with van der Waals surface area (Å²) in [4.78, 5) is 25.8. The molecule has 1 aromatic heterocycles. The van der Waals surface area contributed by atoms with Crippen LogP contribution in [0.1, 0.15) is 27.0 Å². The number of hydrogen-bond donors (Lipinski definition) is 1. The van der Waals surface area contributed by atoms with E-state index >= 15 is 0 Å². The van der Waals surface area contributed by atoms with Crippen LogP contribution in [0.25, 0.3) is 0 Å². The van der Waals surface area contributed by atoms with Gasteiger partial charge in [-0.2, -0.15) is 0 Å². The number of ether oxygens (including phenoxy) is 3. The molecule has 4 atom stereocenters. The summed E-state index contributed by atoms with van der Waals surface area (Å²) in [5, 5.41) is 0. The van der Waals surface area contributed by atoms with Crippen molar-refractivity contribution in [3.05, 3.63) is 32.6 Å². The average molecular weight is 299 g/mol. The van der Waals surface area contributed by atoms with E-state index in [1.54, 1.807) is 14.0 Å². The Labute approximate surface area is 124 Å². The number of H-pyrrole nitrogens is 1. The van der Waals surface area contributed by atoms with Gasteiger partial charge in [-0.3, -0.25) is 14.3 Å². The molecular formula is C14H22N2O5. The average Bonchev–Trinajstić information content (AvgIpc) is 2.80. The number of rotatable bonds is 5. The molecule has 1 aliphatic rings. The van der Waals surface area contributed by atoms with Crippen molar-refractivity contribution in [2.45, 2.75) is 39.2 Å². The number of methoxy groups -OCH3 is 1. The fraction of sp³-hybridized carbons (Fsp3) is 0.714. The van der Waals surface area contributed by atoms with E-state index in [0.717, 1.165) is 0 Å². The third-order valence-corrected chi connectivity index (χ3v) is 3.72. The summed E-state index contributed by atoms with van der Waals surface area (Å²) in [5.41, 5.74) is -0.541. The summed E-state index contributed by atoms with van der Waals surface area (Å²) in [5.74, 6) is -0.0431. The van der Waals surface area contributed by atoms with Crippen LogP contribution in [0.4, 0.5) is 0 Å². The molecule has 0 spiro atoms. The molecule has 0 amide bonds. The van der Waals surface area contributed by atoms with Crippen LogP contribution in [0.15, 0.2) is 15.8 Å². The van der Waals surface area contributed by atoms with Gasteiger partial charge in [-0.25, -0.2) is 4.79 Å². The van der Waals surface area contributed by atoms with Crippen LogP contribution in [0.5, 0.6) is 0 Å². The SMILES string of the molecule is [2H]C[C@H]1O[C@@H](n2cc(C)c(=O)[nH]c2=O)[C@H](OCCOC)[C@@H]1C. The van der Waals surface area contributed by atoms with Crippen LogP contribution in [-0.2, 0) is 14.2 Å². The fourth-order valence-corrected chi connectivity index (χ4v) is 2.35. The van der Waals surface area contributed by atoms with E-state index in [1.807, 2.05) is 6.92 Å².